The van der Waals surface area contributed by atoms with E-state index in [9.17, 15) is 9.59 Å². The van der Waals surface area contributed by atoms with Crippen LogP contribution in [0, 0.1) is 5.92 Å². The van der Waals surface area contributed by atoms with Crippen LogP contribution in [-0.2, 0) is 6.42 Å². The standard InChI is InChI=1S/C18H22N2O5S/c1-11(2)9-25-15-8-12(24-3)4-5-13(15)17(21)19-7-6-16-20-14(10-26-16)18(22)23/h4-5,8,10-11H,6-7,9H2,1-3H3,(H,19,21)(H,22,23). The van der Waals surface area contributed by atoms with Gasteiger partial charge in [-0.1, -0.05) is 13.8 Å². The highest BCUT2D eigenvalue weighted by Crippen LogP contribution is 2.25. The van der Waals surface area contributed by atoms with E-state index >= 15 is 0 Å². The second-order valence-corrected chi connectivity index (χ2v) is 6.95. The number of thiazole rings is 1. The zero-order chi connectivity index (χ0) is 19.1. The molecular weight excluding hydrogens is 356 g/mol. The van der Waals surface area contributed by atoms with Crippen LogP contribution in [0.4, 0.5) is 0 Å². The first-order chi connectivity index (χ1) is 12.4. The number of hydrogen-bond acceptors (Lipinski definition) is 6. The number of rotatable bonds is 9. The Morgan fingerprint density at radius 2 is 2.12 bits per heavy atom. The fourth-order valence-corrected chi connectivity index (χ4v) is 2.87. The van der Waals surface area contributed by atoms with E-state index in [1.807, 2.05) is 13.8 Å². The van der Waals surface area contributed by atoms with Crippen molar-refractivity contribution in [3.8, 4) is 11.5 Å². The number of carboxylic acids is 1. The molecule has 7 nitrogen and oxygen atoms in total. The van der Waals surface area contributed by atoms with Gasteiger partial charge in [0, 0.05) is 24.4 Å². The van der Waals surface area contributed by atoms with Gasteiger partial charge in [-0.2, -0.15) is 0 Å². The Kier molecular flexibility index (Phi) is 6.97. The highest BCUT2D eigenvalue weighted by atomic mass is 32.1. The maximum atomic E-state index is 12.5. The van der Waals surface area contributed by atoms with Crippen molar-refractivity contribution in [2.24, 2.45) is 5.92 Å². The molecule has 0 aliphatic carbocycles. The van der Waals surface area contributed by atoms with Gasteiger partial charge in [0.25, 0.3) is 5.91 Å². The highest BCUT2D eigenvalue weighted by Gasteiger charge is 2.15. The molecule has 8 heteroatoms. The summed E-state index contributed by atoms with van der Waals surface area (Å²) in [4.78, 5) is 27.3. The maximum absolute atomic E-state index is 12.5. The molecule has 1 aromatic heterocycles. The molecule has 0 saturated heterocycles. The number of hydrogen-bond donors (Lipinski definition) is 2. The number of carboxylic acid groups (broad SMARTS) is 1. The number of carbonyl (C=O) groups excluding carboxylic acids is 1. The van der Waals surface area contributed by atoms with Gasteiger partial charge in [-0.3, -0.25) is 4.79 Å². The van der Waals surface area contributed by atoms with Gasteiger partial charge in [0.15, 0.2) is 5.69 Å². The molecule has 1 heterocycles. The van der Waals surface area contributed by atoms with Gasteiger partial charge >= 0.3 is 5.97 Å². The summed E-state index contributed by atoms with van der Waals surface area (Å²) in [6.45, 7) is 4.89. The van der Waals surface area contributed by atoms with Gasteiger partial charge in [0.1, 0.15) is 11.5 Å². The first-order valence-corrected chi connectivity index (χ1v) is 9.05. The fraction of sp³-hybridized carbons (Fsp3) is 0.389. The van der Waals surface area contributed by atoms with Crippen LogP contribution < -0.4 is 14.8 Å². The van der Waals surface area contributed by atoms with Crippen LogP contribution in [0.1, 0.15) is 39.7 Å². The average molecular weight is 378 g/mol. The minimum Gasteiger partial charge on any atom is -0.497 e. The van der Waals surface area contributed by atoms with E-state index in [0.29, 0.717) is 47.6 Å². The molecule has 0 bridgehead atoms. The van der Waals surface area contributed by atoms with Gasteiger partial charge in [0.2, 0.25) is 0 Å². The summed E-state index contributed by atoms with van der Waals surface area (Å²) in [6.07, 6.45) is 0.460. The first kappa shape index (κ1) is 19.7. The summed E-state index contributed by atoms with van der Waals surface area (Å²) in [6, 6.07) is 5.06. The summed E-state index contributed by atoms with van der Waals surface area (Å²) in [5.74, 6) is 0.0934. The van der Waals surface area contributed by atoms with Crippen LogP contribution in [0.3, 0.4) is 0 Å². The minimum absolute atomic E-state index is 0.0239. The van der Waals surface area contributed by atoms with Crippen LogP contribution in [0.15, 0.2) is 23.6 Å². The average Bonchev–Trinajstić information content (AvgIpc) is 3.08. The van der Waals surface area contributed by atoms with Crippen molar-refractivity contribution in [1.82, 2.24) is 10.3 Å². The van der Waals surface area contributed by atoms with E-state index in [-0.39, 0.29) is 11.6 Å². The van der Waals surface area contributed by atoms with Gasteiger partial charge < -0.3 is 19.9 Å². The Hall–Kier alpha value is -2.61. The monoisotopic (exact) mass is 378 g/mol. The third-order valence-electron chi connectivity index (χ3n) is 3.40. The van der Waals surface area contributed by atoms with Crippen molar-refractivity contribution < 1.29 is 24.2 Å². The number of carbonyl (C=O) groups is 2. The van der Waals surface area contributed by atoms with Gasteiger partial charge in [0.05, 0.1) is 24.3 Å². The number of benzene rings is 1. The van der Waals surface area contributed by atoms with Crippen LogP contribution >= 0.6 is 11.3 Å². The SMILES string of the molecule is COc1ccc(C(=O)NCCc2nc(C(=O)O)cs2)c(OCC(C)C)c1. The summed E-state index contributed by atoms with van der Waals surface area (Å²) >= 11 is 1.26. The lowest BCUT2D eigenvalue weighted by molar-refractivity contribution is 0.0690. The Morgan fingerprint density at radius 1 is 1.35 bits per heavy atom. The molecule has 26 heavy (non-hydrogen) atoms. The molecule has 0 radical (unpaired) electrons. The van der Waals surface area contributed by atoms with Crippen LogP contribution in [0.5, 0.6) is 11.5 Å². The van der Waals surface area contributed by atoms with E-state index in [4.69, 9.17) is 14.6 Å². The van der Waals surface area contributed by atoms with E-state index in [1.165, 1.54) is 16.7 Å². The molecule has 0 atom stereocenters. The van der Waals surface area contributed by atoms with Crippen molar-refractivity contribution in [3.63, 3.8) is 0 Å². The minimum atomic E-state index is -1.05. The molecule has 1 amide bonds. The lowest BCUT2D eigenvalue weighted by Crippen LogP contribution is -2.26. The Morgan fingerprint density at radius 3 is 2.73 bits per heavy atom. The summed E-state index contributed by atoms with van der Waals surface area (Å²) in [7, 11) is 1.56. The first-order valence-electron chi connectivity index (χ1n) is 8.17. The topological polar surface area (TPSA) is 97.8 Å². The molecule has 2 N–H and O–H groups in total. The van der Waals surface area contributed by atoms with Crippen molar-refractivity contribution in [2.75, 3.05) is 20.3 Å². The molecule has 2 rings (SSSR count). The van der Waals surface area contributed by atoms with Crippen LogP contribution in [0.2, 0.25) is 0 Å². The second kappa shape index (κ2) is 9.19. The smallest absolute Gasteiger partial charge is 0.355 e. The number of aromatic nitrogens is 1. The predicted octanol–water partition coefficient (Wildman–Crippen LogP) is 2.86. The van der Waals surface area contributed by atoms with Gasteiger partial charge in [-0.25, -0.2) is 9.78 Å². The zero-order valence-corrected chi connectivity index (χ0v) is 15.8. The number of nitrogens with zero attached hydrogens (tertiary/aromatic N) is 1. The van der Waals surface area contributed by atoms with E-state index in [1.54, 1.807) is 25.3 Å². The summed E-state index contributed by atoms with van der Waals surface area (Å²) < 4.78 is 10.9. The van der Waals surface area contributed by atoms with Crippen molar-refractivity contribution >= 4 is 23.2 Å². The number of ether oxygens (including phenoxy) is 2. The molecule has 1 aromatic carbocycles. The number of amides is 1. The molecule has 2 aromatic rings. The number of nitrogens with one attached hydrogen (secondary N) is 1. The molecular formula is C18H22N2O5S. The molecule has 0 spiro atoms. The Labute approximate surface area is 156 Å². The van der Waals surface area contributed by atoms with E-state index < -0.39 is 5.97 Å². The quantitative estimate of drug-likeness (QED) is 0.696. The summed E-state index contributed by atoms with van der Waals surface area (Å²) in [5.41, 5.74) is 0.452. The van der Waals surface area contributed by atoms with Crippen molar-refractivity contribution in [3.05, 3.63) is 39.8 Å². The lowest BCUT2D eigenvalue weighted by atomic mass is 10.1. The van der Waals surface area contributed by atoms with Gasteiger partial charge in [-0.15, -0.1) is 11.3 Å². The van der Waals surface area contributed by atoms with E-state index in [0.717, 1.165) is 0 Å². The molecule has 0 aliphatic heterocycles. The zero-order valence-electron chi connectivity index (χ0n) is 14.9. The third-order valence-corrected chi connectivity index (χ3v) is 4.31. The molecule has 140 valence electrons. The van der Waals surface area contributed by atoms with Gasteiger partial charge in [-0.05, 0) is 18.1 Å². The Bertz CT molecular complexity index is 773. The third kappa shape index (κ3) is 5.45. The van der Waals surface area contributed by atoms with E-state index in [2.05, 4.69) is 10.3 Å². The normalized spacial score (nSPS) is 10.6. The molecule has 0 aliphatic rings. The number of aromatic carboxylic acids is 1. The largest absolute Gasteiger partial charge is 0.497 e. The lowest BCUT2D eigenvalue weighted by Gasteiger charge is -2.14. The van der Waals surface area contributed by atoms with Crippen molar-refractivity contribution in [1.29, 1.82) is 0 Å². The predicted molar refractivity (Wildman–Crippen MR) is 98.4 cm³/mol. The molecule has 0 unspecified atom stereocenters. The molecule has 0 saturated carbocycles. The van der Waals surface area contributed by atoms with Crippen LogP contribution in [0.25, 0.3) is 0 Å². The Balaban J connectivity index is 1.99. The maximum Gasteiger partial charge on any atom is 0.355 e. The fourth-order valence-electron chi connectivity index (χ4n) is 2.10. The highest BCUT2D eigenvalue weighted by molar-refractivity contribution is 7.09. The second-order valence-electron chi connectivity index (χ2n) is 6.00. The number of methoxy groups -OCH3 is 1. The van der Waals surface area contributed by atoms with Crippen molar-refractivity contribution in [2.45, 2.75) is 20.3 Å². The van der Waals surface area contributed by atoms with Crippen LogP contribution in [-0.4, -0.2) is 42.2 Å². The summed E-state index contributed by atoms with van der Waals surface area (Å²) in [5, 5.41) is 13.8. The molecule has 0 fully saturated rings.